The second kappa shape index (κ2) is 24.5. The van der Waals surface area contributed by atoms with Crippen molar-refractivity contribution in [2.24, 2.45) is 11.7 Å². The fourth-order valence-corrected chi connectivity index (χ4v) is 5.08. The summed E-state index contributed by atoms with van der Waals surface area (Å²) in [5.74, 6) is -2.15. The van der Waals surface area contributed by atoms with Crippen LogP contribution in [0.2, 0.25) is 0 Å². The van der Waals surface area contributed by atoms with Gasteiger partial charge in [0.25, 0.3) is 0 Å². The van der Waals surface area contributed by atoms with E-state index in [2.05, 4.69) is 31.9 Å². The Kier molecular flexibility index (Phi) is 20.6. The van der Waals surface area contributed by atoms with Crippen molar-refractivity contribution < 1.29 is 53.2 Å². The lowest BCUT2D eigenvalue weighted by Gasteiger charge is -2.26. The number of hydrogen-bond acceptors (Lipinski definition) is 14. The second-order valence-electron chi connectivity index (χ2n) is 13.1. The number of nitrogens with two attached hydrogens (primary N) is 1. The minimum Gasteiger partial charge on any atom is -0.491 e. The number of ether oxygens (including phenoxy) is 3. The van der Waals surface area contributed by atoms with Crippen LogP contribution in [0.1, 0.15) is 38.7 Å². The number of aliphatic hydroxyl groups is 2. The molecular weight excluding hydrogens is 722 g/mol. The predicted molar refractivity (Wildman–Crippen MR) is 200 cm³/mol. The lowest BCUT2D eigenvalue weighted by atomic mass is 10.0. The molecule has 0 bridgehead atoms. The fraction of sp³-hybridized carbons (Fsp3) is 0.600. The van der Waals surface area contributed by atoms with E-state index in [1.165, 1.54) is 30.2 Å². The quantitative estimate of drug-likeness (QED) is 0.0380. The van der Waals surface area contributed by atoms with Crippen LogP contribution in [-0.2, 0) is 40.1 Å². The molecule has 308 valence electrons. The molecule has 0 saturated carbocycles. The van der Waals surface area contributed by atoms with Crippen LogP contribution in [0, 0.1) is 5.92 Å². The molecular formula is C35H57N9O11. The Labute approximate surface area is 320 Å². The molecule has 6 amide bonds. The molecule has 0 saturated heterocycles. The first kappa shape index (κ1) is 46.3. The summed E-state index contributed by atoms with van der Waals surface area (Å²) in [7, 11) is 4.87. The van der Waals surface area contributed by atoms with Crippen LogP contribution in [0.15, 0.2) is 30.4 Å². The zero-order valence-corrected chi connectivity index (χ0v) is 32.1. The van der Waals surface area contributed by atoms with E-state index in [-0.39, 0.29) is 94.8 Å². The van der Waals surface area contributed by atoms with Gasteiger partial charge in [-0.1, -0.05) is 13.8 Å². The van der Waals surface area contributed by atoms with E-state index in [4.69, 9.17) is 19.9 Å². The molecule has 20 nitrogen and oxygen atoms in total. The highest BCUT2D eigenvalue weighted by molar-refractivity contribution is 5.98. The Morgan fingerprint density at radius 3 is 2.40 bits per heavy atom. The van der Waals surface area contributed by atoms with Gasteiger partial charge in [0.2, 0.25) is 29.5 Å². The SMILES string of the molecule is CNC(=O)OCc1ccc(NC(=O)[C@H](CCCNC(N)O)NC(=O)[C@@H](NC(=O)CN(C)C)C(C)C)cc1OCCOCCNC(=O)CCN1C(=O)C=CC1O. The van der Waals surface area contributed by atoms with E-state index in [1.807, 2.05) is 0 Å². The third-order valence-electron chi connectivity index (χ3n) is 7.93. The summed E-state index contributed by atoms with van der Waals surface area (Å²) < 4.78 is 16.7. The lowest BCUT2D eigenvalue weighted by molar-refractivity contribution is -0.132. The number of likely N-dealkylation sites (N-methyl/N-ethyl adjacent to an activating group) is 1. The number of nitrogens with one attached hydrogen (secondary N) is 6. The maximum Gasteiger partial charge on any atom is 0.407 e. The number of hydrogen-bond donors (Lipinski definition) is 9. The molecule has 1 aliphatic heterocycles. The molecule has 0 fully saturated rings. The maximum absolute atomic E-state index is 13.6. The number of amides is 6. The molecule has 10 N–H and O–H groups in total. The first-order valence-corrected chi connectivity index (χ1v) is 17.9. The molecule has 55 heavy (non-hydrogen) atoms. The van der Waals surface area contributed by atoms with Gasteiger partial charge in [0.15, 0.2) is 6.35 Å². The highest BCUT2D eigenvalue weighted by Gasteiger charge is 2.29. The van der Waals surface area contributed by atoms with Crippen molar-refractivity contribution in [3.63, 3.8) is 0 Å². The smallest absolute Gasteiger partial charge is 0.407 e. The highest BCUT2D eigenvalue weighted by atomic mass is 16.6. The van der Waals surface area contributed by atoms with Crippen molar-refractivity contribution in [3.8, 4) is 5.75 Å². The van der Waals surface area contributed by atoms with Gasteiger partial charge in [0.05, 0.1) is 19.8 Å². The summed E-state index contributed by atoms with van der Waals surface area (Å²) in [4.78, 5) is 77.9. The highest BCUT2D eigenvalue weighted by Crippen LogP contribution is 2.25. The molecule has 0 radical (unpaired) electrons. The van der Waals surface area contributed by atoms with Crippen LogP contribution in [0.25, 0.3) is 0 Å². The third-order valence-corrected chi connectivity index (χ3v) is 7.93. The van der Waals surface area contributed by atoms with Gasteiger partial charge in [-0.2, -0.15) is 0 Å². The zero-order chi connectivity index (χ0) is 40.9. The zero-order valence-electron chi connectivity index (χ0n) is 32.1. The third kappa shape index (κ3) is 17.9. The van der Waals surface area contributed by atoms with Gasteiger partial charge < -0.3 is 60.8 Å². The molecule has 20 heteroatoms. The summed E-state index contributed by atoms with van der Waals surface area (Å²) in [6.45, 7) is 4.31. The van der Waals surface area contributed by atoms with Crippen LogP contribution in [-0.4, -0.2) is 147 Å². The molecule has 2 rings (SSSR count). The van der Waals surface area contributed by atoms with E-state index < -0.39 is 42.6 Å². The molecule has 0 aliphatic carbocycles. The number of nitrogens with zero attached hydrogens (tertiary/aromatic N) is 2. The number of anilines is 1. The Morgan fingerprint density at radius 1 is 1.02 bits per heavy atom. The summed E-state index contributed by atoms with van der Waals surface area (Å²) >= 11 is 0. The van der Waals surface area contributed by atoms with Gasteiger partial charge in [0.1, 0.15) is 37.3 Å². The Balaban J connectivity index is 2.05. The molecule has 0 aromatic heterocycles. The van der Waals surface area contributed by atoms with Crippen molar-refractivity contribution in [2.45, 2.75) is 64.4 Å². The number of alkyl carbamates (subject to hydrolysis) is 1. The number of benzene rings is 1. The van der Waals surface area contributed by atoms with Gasteiger partial charge in [-0.05, 0) is 57.6 Å². The fourth-order valence-electron chi connectivity index (χ4n) is 5.08. The summed E-state index contributed by atoms with van der Waals surface area (Å²) in [6, 6.07) is 2.75. The molecule has 1 aliphatic rings. The van der Waals surface area contributed by atoms with E-state index in [0.29, 0.717) is 17.7 Å². The van der Waals surface area contributed by atoms with Crippen LogP contribution >= 0.6 is 0 Å². The molecule has 2 unspecified atom stereocenters. The van der Waals surface area contributed by atoms with Gasteiger partial charge in [-0.15, -0.1) is 0 Å². The van der Waals surface area contributed by atoms with Gasteiger partial charge >= 0.3 is 6.09 Å². The Morgan fingerprint density at radius 2 is 1.76 bits per heavy atom. The van der Waals surface area contributed by atoms with Gasteiger partial charge in [-0.25, -0.2) is 4.79 Å². The van der Waals surface area contributed by atoms with Crippen LogP contribution in [0.3, 0.4) is 0 Å². The van der Waals surface area contributed by atoms with E-state index in [9.17, 15) is 39.0 Å². The van der Waals surface area contributed by atoms with Gasteiger partial charge in [0, 0.05) is 50.0 Å². The number of rotatable bonds is 25. The molecule has 1 heterocycles. The van der Waals surface area contributed by atoms with Crippen LogP contribution < -0.4 is 42.4 Å². The monoisotopic (exact) mass is 779 g/mol. The standard InChI is InChI=1S/C35H57N9O11/c1-22(2)31(42-28(46)20-43(4)5)33(50)41-25(7-6-13-39-34(36)51)32(49)40-24-9-8-23(21-55-35(52)37-3)26(19-24)54-18-17-53-16-14-38-27(45)12-15-44-29(47)10-11-30(44)48/h8-11,19,22,25,29,31,34,39,47,51H,6-7,12-18,20-21,36H2,1-5H3,(H,37,52)(H,38,45)(H,40,49)(H,41,50)(H,42,46)/t25-,29?,31-,34?/m0/s1. The van der Waals surface area contributed by atoms with Crippen molar-refractivity contribution in [2.75, 3.05) is 72.5 Å². The topological polar surface area (TPSA) is 275 Å². The maximum atomic E-state index is 13.6. The van der Waals surface area contributed by atoms with Crippen molar-refractivity contribution in [3.05, 3.63) is 35.9 Å². The Bertz CT molecular complexity index is 1460. The lowest BCUT2D eigenvalue weighted by Crippen LogP contribution is -2.55. The Hall–Kier alpha value is -4.86. The van der Waals surface area contributed by atoms with Crippen molar-refractivity contribution in [1.82, 2.24) is 36.4 Å². The molecule has 1 aromatic carbocycles. The summed E-state index contributed by atoms with van der Waals surface area (Å²) in [5, 5.41) is 35.0. The number of carbonyl (C=O) groups is 6. The number of carbonyl (C=O) groups excluding carboxylic acids is 6. The molecule has 0 spiro atoms. The molecule has 4 atom stereocenters. The normalized spacial score (nSPS) is 15.3. The minimum atomic E-state index is -1.26. The molecule has 1 aromatic rings. The average molecular weight is 780 g/mol. The van der Waals surface area contributed by atoms with E-state index in [1.54, 1.807) is 45.0 Å². The van der Waals surface area contributed by atoms with Gasteiger partial charge in [-0.3, -0.25) is 35.0 Å². The largest absolute Gasteiger partial charge is 0.491 e. The van der Waals surface area contributed by atoms with E-state index in [0.717, 1.165) is 0 Å². The van der Waals surface area contributed by atoms with E-state index >= 15 is 0 Å². The first-order valence-electron chi connectivity index (χ1n) is 17.9. The van der Waals surface area contributed by atoms with Crippen molar-refractivity contribution in [1.29, 1.82) is 0 Å². The first-order chi connectivity index (χ1) is 26.1. The second-order valence-corrected chi connectivity index (χ2v) is 13.1. The predicted octanol–water partition coefficient (Wildman–Crippen LogP) is -2.11. The number of aliphatic hydroxyl groups excluding tert-OH is 2. The van der Waals surface area contributed by atoms with Crippen LogP contribution in [0.5, 0.6) is 5.75 Å². The average Bonchev–Trinajstić information content (AvgIpc) is 3.44. The summed E-state index contributed by atoms with van der Waals surface area (Å²) in [5.41, 5.74) is 6.14. The van der Waals surface area contributed by atoms with Crippen LogP contribution in [0.4, 0.5) is 10.5 Å². The summed E-state index contributed by atoms with van der Waals surface area (Å²) in [6.07, 6.45) is 0.155. The van der Waals surface area contributed by atoms with Crippen molar-refractivity contribution >= 4 is 41.3 Å². The minimum absolute atomic E-state index is 0.0118.